The Morgan fingerprint density at radius 2 is 1.75 bits per heavy atom. The topological polar surface area (TPSA) is 107 Å². The fourth-order valence-electron chi connectivity index (χ4n) is 1.86. The number of aromatic nitrogens is 2. The summed E-state index contributed by atoms with van der Waals surface area (Å²) in [5.41, 5.74) is 12.5. The first-order valence-corrected chi connectivity index (χ1v) is 5.91. The summed E-state index contributed by atoms with van der Waals surface area (Å²) in [6.45, 7) is 0. The van der Waals surface area contributed by atoms with Crippen LogP contribution in [0.3, 0.4) is 0 Å². The maximum Gasteiger partial charge on any atom is 0.230 e. The summed E-state index contributed by atoms with van der Waals surface area (Å²) < 4.78 is 5.69. The van der Waals surface area contributed by atoms with Gasteiger partial charge in [0, 0.05) is 0 Å². The molecule has 0 bridgehead atoms. The first-order chi connectivity index (χ1) is 9.66. The third kappa shape index (κ3) is 1.93. The standard InChI is InChI=1S/C14H12N4O2/c15-12-10(19)5-6-11(13(12)16)20-14-8-3-1-2-4-9(8)17-7-18-14/h1-7,19H,15-16H2. The summed E-state index contributed by atoms with van der Waals surface area (Å²) in [5.74, 6) is 0.638. The van der Waals surface area contributed by atoms with Crippen LogP contribution in [0.4, 0.5) is 11.4 Å². The zero-order chi connectivity index (χ0) is 14.1. The Bertz CT molecular complexity index is 784. The molecule has 0 atom stereocenters. The first kappa shape index (κ1) is 12.0. The van der Waals surface area contributed by atoms with Crippen LogP contribution in [0.15, 0.2) is 42.7 Å². The molecule has 1 heterocycles. The van der Waals surface area contributed by atoms with Gasteiger partial charge in [-0.3, -0.25) is 0 Å². The van der Waals surface area contributed by atoms with E-state index in [1.54, 1.807) is 0 Å². The minimum Gasteiger partial charge on any atom is -0.506 e. The Morgan fingerprint density at radius 3 is 2.60 bits per heavy atom. The molecule has 0 radical (unpaired) electrons. The molecular formula is C14H12N4O2. The maximum absolute atomic E-state index is 9.48. The number of nitrogen functional groups attached to an aromatic ring is 2. The number of phenolic OH excluding ortho intramolecular Hbond substituents is 1. The van der Waals surface area contributed by atoms with E-state index in [-0.39, 0.29) is 17.1 Å². The third-order valence-corrected chi connectivity index (χ3v) is 2.94. The van der Waals surface area contributed by atoms with Gasteiger partial charge in [0.1, 0.15) is 23.5 Å². The van der Waals surface area contributed by atoms with Crippen LogP contribution in [-0.2, 0) is 0 Å². The molecule has 0 aliphatic rings. The van der Waals surface area contributed by atoms with E-state index >= 15 is 0 Å². The summed E-state index contributed by atoms with van der Waals surface area (Å²) in [6.07, 6.45) is 1.41. The molecule has 0 saturated carbocycles. The fraction of sp³-hybridized carbons (Fsp3) is 0. The van der Waals surface area contributed by atoms with E-state index in [1.165, 1.54) is 18.5 Å². The lowest BCUT2D eigenvalue weighted by Crippen LogP contribution is -1.99. The number of hydrogen-bond donors (Lipinski definition) is 3. The van der Waals surface area contributed by atoms with Crippen molar-refractivity contribution in [2.24, 2.45) is 0 Å². The number of benzene rings is 2. The molecule has 0 amide bonds. The summed E-state index contributed by atoms with van der Waals surface area (Å²) in [4.78, 5) is 8.25. The maximum atomic E-state index is 9.48. The predicted octanol–water partition coefficient (Wildman–Crippen LogP) is 2.29. The van der Waals surface area contributed by atoms with E-state index in [0.717, 1.165) is 10.9 Å². The lowest BCUT2D eigenvalue weighted by Gasteiger charge is -2.11. The Hall–Kier alpha value is -3.02. The van der Waals surface area contributed by atoms with Gasteiger partial charge in [0.25, 0.3) is 0 Å². The van der Waals surface area contributed by atoms with Gasteiger partial charge in [0.05, 0.1) is 10.9 Å². The monoisotopic (exact) mass is 268 g/mol. The minimum absolute atomic E-state index is 0.0811. The molecule has 0 aliphatic carbocycles. The second kappa shape index (κ2) is 4.58. The fourth-order valence-corrected chi connectivity index (χ4v) is 1.86. The molecular weight excluding hydrogens is 256 g/mol. The first-order valence-electron chi connectivity index (χ1n) is 5.91. The van der Waals surface area contributed by atoms with E-state index in [9.17, 15) is 5.11 Å². The molecule has 0 fully saturated rings. The van der Waals surface area contributed by atoms with Gasteiger partial charge in [-0.15, -0.1) is 0 Å². The van der Waals surface area contributed by atoms with Gasteiger partial charge < -0.3 is 21.3 Å². The SMILES string of the molecule is Nc1c(O)ccc(Oc2ncnc3ccccc23)c1N. The van der Waals surface area contributed by atoms with Crippen molar-refractivity contribution in [3.05, 3.63) is 42.7 Å². The highest BCUT2D eigenvalue weighted by Crippen LogP contribution is 2.37. The number of nitrogens with two attached hydrogens (primary N) is 2. The van der Waals surface area contributed by atoms with Crippen molar-refractivity contribution in [2.75, 3.05) is 11.5 Å². The van der Waals surface area contributed by atoms with Gasteiger partial charge in [-0.2, -0.15) is 0 Å². The molecule has 3 rings (SSSR count). The molecule has 1 aromatic heterocycles. The average Bonchev–Trinajstić information content (AvgIpc) is 2.48. The van der Waals surface area contributed by atoms with Gasteiger partial charge in [-0.05, 0) is 24.3 Å². The van der Waals surface area contributed by atoms with Crippen LogP contribution in [0.5, 0.6) is 17.4 Å². The Kier molecular flexibility index (Phi) is 2.76. The van der Waals surface area contributed by atoms with Crippen LogP contribution in [0.2, 0.25) is 0 Å². The van der Waals surface area contributed by atoms with Crippen molar-refractivity contribution in [1.82, 2.24) is 9.97 Å². The quantitative estimate of drug-likeness (QED) is 0.486. The molecule has 6 nitrogen and oxygen atoms in total. The van der Waals surface area contributed by atoms with Crippen molar-refractivity contribution < 1.29 is 9.84 Å². The van der Waals surface area contributed by atoms with Gasteiger partial charge in [-0.25, -0.2) is 9.97 Å². The van der Waals surface area contributed by atoms with Crippen molar-refractivity contribution >= 4 is 22.3 Å². The lowest BCUT2D eigenvalue weighted by atomic mass is 10.2. The number of nitrogens with zero attached hydrogens (tertiary/aromatic N) is 2. The van der Waals surface area contributed by atoms with Gasteiger partial charge >= 0.3 is 0 Å². The van der Waals surface area contributed by atoms with Crippen LogP contribution in [-0.4, -0.2) is 15.1 Å². The molecule has 0 unspecified atom stereocenters. The van der Waals surface area contributed by atoms with Gasteiger partial charge in [0.2, 0.25) is 5.88 Å². The smallest absolute Gasteiger partial charge is 0.230 e. The molecule has 20 heavy (non-hydrogen) atoms. The van der Waals surface area contributed by atoms with E-state index in [1.807, 2.05) is 24.3 Å². The number of anilines is 2. The number of para-hydroxylation sites is 1. The Balaban J connectivity index is 2.08. The number of aromatic hydroxyl groups is 1. The third-order valence-electron chi connectivity index (χ3n) is 2.94. The molecule has 3 aromatic rings. The second-order valence-corrected chi connectivity index (χ2v) is 4.21. The van der Waals surface area contributed by atoms with E-state index in [4.69, 9.17) is 16.2 Å². The summed E-state index contributed by atoms with van der Waals surface area (Å²) in [5, 5.41) is 10.2. The Morgan fingerprint density at radius 1 is 0.950 bits per heavy atom. The van der Waals surface area contributed by atoms with Crippen molar-refractivity contribution in [3.8, 4) is 17.4 Å². The van der Waals surface area contributed by atoms with Crippen molar-refractivity contribution in [1.29, 1.82) is 0 Å². The van der Waals surface area contributed by atoms with Gasteiger partial charge in [-0.1, -0.05) is 12.1 Å². The number of ether oxygens (including phenoxy) is 1. The highest BCUT2D eigenvalue weighted by molar-refractivity contribution is 5.84. The summed E-state index contributed by atoms with van der Waals surface area (Å²) >= 11 is 0. The lowest BCUT2D eigenvalue weighted by molar-refractivity contribution is 0.461. The second-order valence-electron chi connectivity index (χ2n) is 4.21. The molecule has 0 saturated heterocycles. The molecule has 2 aromatic carbocycles. The van der Waals surface area contributed by atoms with Crippen molar-refractivity contribution in [2.45, 2.75) is 0 Å². The molecule has 100 valence electrons. The van der Waals surface area contributed by atoms with E-state index in [0.29, 0.717) is 11.6 Å². The largest absolute Gasteiger partial charge is 0.506 e. The summed E-state index contributed by atoms with van der Waals surface area (Å²) in [7, 11) is 0. The number of hydrogen-bond acceptors (Lipinski definition) is 6. The highest BCUT2D eigenvalue weighted by atomic mass is 16.5. The van der Waals surface area contributed by atoms with Gasteiger partial charge in [0.15, 0.2) is 5.75 Å². The van der Waals surface area contributed by atoms with E-state index in [2.05, 4.69) is 9.97 Å². The van der Waals surface area contributed by atoms with Crippen LogP contribution in [0.25, 0.3) is 10.9 Å². The van der Waals surface area contributed by atoms with Crippen LogP contribution in [0.1, 0.15) is 0 Å². The predicted molar refractivity (Wildman–Crippen MR) is 76.5 cm³/mol. The number of rotatable bonds is 2. The summed E-state index contributed by atoms with van der Waals surface area (Å²) in [6, 6.07) is 10.4. The molecule has 0 spiro atoms. The normalized spacial score (nSPS) is 10.6. The Labute approximate surface area is 114 Å². The van der Waals surface area contributed by atoms with Crippen molar-refractivity contribution in [3.63, 3.8) is 0 Å². The van der Waals surface area contributed by atoms with Crippen LogP contribution in [0, 0.1) is 0 Å². The average molecular weight is 268 g/mol. The molecule has 5 N–H and O–H groups in total. The van der Waals surface area contributed by atoms with Crippen LogP contribution >= 0.6 is 0 Å². The number of phenols is 1. The highest BCUT2D eigenvalue weighted by Gasteiger charge is 2.11. The zero-order valence-corrected chi connectivity index (χ0v) is 10.4. The number of fused-ring (bicyclic) bond motifs is 1. The zero-order valence-electron chi connectivity index (χ0n) is 10.4. The molecule has 0 aliphatic heterocycles. The molecule has 6 heteroatoms. The van der Waals surface area contributed by atoms with Crippen LogP contribution < -0.4 is 16.2 Å². The minimum atomic E-state index is -0.0811. The van der Waals surface area contributed by atoms with E-state index < -0.39 is 0 Å².